The molecule has 0 radical (unpaired) electrons. The summed E-state index contributed by atoms with van der Waals surface area (Å²) < 4.78 is 5.48. The Hall–Kier alpha value is -2.08. The van der Waals surface area contributed by atoms with Gasteiger partial charge in [0, 0.05) is 12.1 Å². The number of carbonyl (C=O) groups is 2. The number of primary amides is 1. The number of rotatable bonds is 8. The van der Waals surface area contributed by atoms with Crippen molar-refractivity contribution in [3.8, 4) is 5.75 Å². The van der Waals surface area contributed by atoms with Gasteiger partial charge in [-0.1, -0.05) is 13.8 Å². The van der Waals surface area contributed by atoms with Gasteiger partial charge in [0.25, 0.3) is 0 Å². The highest BCUT2D eigenvalue weighted by Gasteiger charge is 2.28. The SMILES string of the molecule is CC(C)C(C)(CN)NC(=O)CCOc1ccc(C(N)=O)cc1. The molecule has 6 nitrogen and oxygen atoms in total. The van der Waals surface area contributed by atoms with Crippen LogP contribution in [0.15, 0.2) is 24.3 Å². The minimum absolute atomic E-state index is 0.101. The molecule has 1 rings (SSSR count). The van der Waals surface area contributed by atoms with Crippen molar-refractivity contribution in [3.05, 3.63) is 29.8 Å². The highest BCUT2D eigenvalue weighted by molar-refractivity contribution is 5.92. The summed E-state index contributed by atoms with van der Waals surface area (Å²) in [5.74, 6) is 0.239. The van der Waals surface area contributed by atoms with Crippen LogP contribution in [0.4, 0.5) is 0 Å². The van der Waals surface area contributed by atoms with Crippen LogP contribution in [0.1, 0.15) is 37.6 Å². The summed E-state index contributed by atoms with van der Waals surface area (Å²) >= 11 is 0. The van der Waals surface area contributed by atoms with Crippen LogP contribution in [0, 0.1) is 5.92 Å². The fourth-order valence-electron chi connectivity index (χ4n) is 1.79. The molecule has 0 aliphatic rings. The van der Waals surface area contributed by atoms with E-state index in [-0.39, 0.29) is 24.9 Å². The van der Waals surface area contributed by atoms with Crippen LogP contribution in [-0.2, 0) is 4.79 Å². The van der Waals surface area contributed by atoms with Gasteiger partial charge < -0.3 is 21.5 Å². The van der Waals surface area contributed by atoms with E-state index in [0.29, 0.717) is 17.9 Å². The number of carbonyl (C=O) groups excluding carboxylic acids is 2. The lowest BCUT2D eigenvalue weighted by Gasteiger charge is -2.33. The molecule has 5 N–H and O–H groups in total. The molecule has 0 saturated heterocycles. The fourth-order valence-corrected chi connectivity index (χ4v) is 1.79. The molecule has 0 heterocycles. The largest absolute Gasteiger partial charge is 0.493 e. The molecule has 0 saturated carbocycles. The van der Waals surface area contributed by atoms with Gasteiger partial charge in [-0.05, 0) is 37.1 Å². The summed E-state index contributed by atoms with van der Waals surface area (Å²) in [4.78, 5) is 22.9. The Bertz CT molecular complexity index is 514. The zero-order chi connectivity index (χ0) is 16.8. The Balaban J connectivity index is 2.43. The lowest BCUT2D eigenvalue weighted by atomic mass is 9.88. The van der Waals surface area contributed by atoms with Crippen molar-refractivity contribution in [2.24, 2.45) is 17.4 Å². The highest BCUT2D eigenvalue weighted by atomic mass is 16.5. The Labute approximate surface area is 131 Å². The Kier molecular flexibility index (Phi) is 6.37. The van der Waals surface area contributed by atoms with Crippen molar-refractivity contribution in [2.45, 2.75) is 32.7 Å². The van der Waals surface area contributed by atoms with Crippen LogP contribution in [0.5, 0.6) is 5.75 Å². The number of ether oxygens (including phenoxy) is 1. The van der Waals surface area contributed by atoms with Crippen LogP contribution in [0.25, 0.3) is 0 Å². The van der Waals surface area contributed by atoms with Crippen molar-refractivity contribution in [3.63, 3.8) is 0 Å². The maximum Gasteiger partial charge on any atom is 0.248 e. The molecule has 0 fully saturated rings. The number of hydrogen-bond acceptors (Lipinski definition) is 4. The lowest BCUT2D eigenvalue weighted by molar-refractivity contribution is -0.123. The molecule has 0 aromatic heterocycles. The second-order valence-corrected chi connectivity index (χ2v) is 5.81. The minimum atomic E-state index is -0.485. The topological polar surface area (TPSA) is 107 Å². The normalized spacial score (nSPS) is 13.5. The summed E-state index contributed by atoms with van der Waals surface area (Å²) in [5.41, 5.74) is 10.9. The predicted octanol–water partition coefficient (Wildman–Crippen LogP) is 1.04. The van der Waals surface area contributed by atoms with Gasteiger partial charge in [-0.15, -0.1) is 0 Å². The van der Waals surface area contributed by atoms with Crippen LogP contribution in [-0.4, -0.2) is 30.5 Å². The number of nitrogens with two attached hydrogens (primary N) is 2. The molecule has 1 unspecified atom stereocenters. The standard InChI is InChI=1S/C16H25N3O3/c1-11(2)16(3,10-17)19-14(20)8-9-22-13-6-4-12(5-7-13)15(18)21/h4-7,11H,8-10,17H2,1-3H3,(H2,18,21)(H,19,20). The Morgan fingerprint density at radius 3 is 2.32 bits per heavy atom. The first-order chi connectivity index (χ1) is 10.3. The molecule has 2 amide bonds. The molecule has 0 aliphatic carbocycles. The molecule has 0 bridgehead atoms. The van der Waals surface area contributed by atoms with Crippen LogP contribution < -0.4 is 21.5 Å². The van der Waals surface area contributed by atoms with Gasteiger partial charge in [0.1, 0.15) is 5.75 Å². The average molecular weight is 307 g/mol. The second-order valence-electron chi connectivity index (χ2n) is 5.81. The molecular formula is C16H25N3O3. The molecule has 1 aromatic rings. The zero-order valence-corrected chi connectivity index (χ0v) is 13.4. The van der Waals surface area contributed by atoms with Crippen molar-refractivity contribution >= 4 is 11.8 Å². The van der Waals surface area contributed by atoms with E-state index in [0.717, 1.165) is 0 Å². The van der Waals surface area contributed by atoms with Gasteiger partial charge >= 0.3 is 0 Å². The van der Waals surface area contributed by atoms with Gasteiger partial charge in [-0.3, -0.25) is 9.59 Å². The molecule has 0 spiro atoms. The Morgan fingerprint density at radius 1 is 1.27 bits per heavy atom. The van der Waals surface area contributed by atoms with Crippen molar-refractivity contribution in [1.29, 1.82) is 0 Å². The quantitative estimate of drug-likeness (QED) is 0.667. The lowest BCUT2D eigenvalue weighted by Crippen LogP contribution is -2.55. The average Bonchev–Trinajstić information content (AvgIpc) is 2.47. The zero-order valence-electron chi connectivity index (χ0n) is 13.4. The summed E-state index contributed by atoms with van der Waals surface area (Å²) in [5, 5.41) is 2.95. The molecular weight excluding hydrogens is 282 g/mol. The van der Waals surface area contributed by atoms with Crippen molar-refractivity contribution in [2.75, 3.05) is 13.2 Å². The first-order valence-corrected chi connectivity index (χ1v) is 7.32. The van der Waals surface area contributed by atoms with E-state index in [1.54, 1.807) is 24.3 Å². The third-order valence-corrected chi connectivity index (χ3v) is 3.86. The third-order valence-electron chi connectivity index (χ3n) is 3.86. The van der Waals surface area contributed by atoms with Gasteiger partial charge in [0.15, 0.2) is 0 Å². The monoisotopic (exact) mass is 307 g/mol. The van der Waals surface area contributed by atoms with E-state index in [2.05, 4.69) is 5.32 Å². The second kappa shape index (κ2) is 7.79. The molecule has 122 valence electrons. The first-order valence-electron chi connectivity index (χ1n) is 7.32. The third kappa shape index (κ3) is 5.04. The van der Waals surface area contributed by atoms with Crippen LogP contribution in [0.3, 0.4) is 0 Å². The number of amides is 2. The summed E-state index contributed by atoms with van der Waals surface area (Å²) in [6.45, 7) is 6.60. The van der Waals surface area contributed by atoms with Gasteiger partial charge in [-0.25, -0.2) is 0 Å². The van der Waals surface area contributed by atoms with E-state index in [9.17, 15) is 9.59 Å². The van der Waals surface area contributed by atoms with Gasteiger partial charge in [0.2, 0.25) is 11.8 Å². The maximum atomic E-state index is 11.9. The number of hydrogen-bond donors (Lipinski definition) is 3. The van der Waals surface area contributed by atoms with E-state index < -0.39 is 11.4 Å². The smallest absolute Gasteiger partial charge is 0.248 e. The van der Waals surface area contributed by atoms with Crippen LogP contribution in [0.2, 0.25) is 0 Å². The summed E-state index contributed by atoms with van der Waals surface area (Å²) in [7, 11) is 0. The fraction of sp³-hybridized carbons (Fsp3) is 0.500. The molecule has 6 heteroatoms. The summed E-state index contributed by atoms with van der Waals surface area (Å²) in [6, 6.07) is 6.47. The molecule has 1 aromatic carbocycles. The molecule has 1 atom stereocenters. The first kappa shape index (κ1) is 18.0. The highest BCUT2D eigenvalue weighted by Crippen LogP contribution is 2.15. The Morgan fingerprint density at radius 2 is 1.86 bits per heavy atom. The van der Waals surface area contributed by atoms with Crippen LogP contribution >= 0.6 is 0 Å². The number of benzene rings is 1. The predicted molar refractivity (Wildman–Crippen MR) is 85.5 cm³/mol. The minimum Gasteiger partial charge on any atom is -0.493 e. The number of nitrogens with one attached hydrogen (secondary N) is 1. The van der Waals surface area contributed by atoms with E-state index in [4.69, 9.17) is 16.2 Å². The van der Waals surface area contributed by atoms with Crippen molar-refractivity contribution < 1.29 is 14.3 Å². The van der Waals surface area contributed by atoms with E-state index in [1.807, 2.05) is 20.8 Å². The molecule has 22 heavy (non-hydrogen) atoms. The van der Waals surface area contributed by atoms with E-state index in [1.165, 1.54) is 0 Å². The van der Waals surface area contributed by atoms with E-state index >= 15 is 0 Å². The van der Waals surface area contributed by atoms with Gasteiger partial charge in [0.05, 0.1) is 18.6 Å². The van der Waals surface area contributed by atoms with Gasteiger partial charge in [-0.2, -0.15) is 0 Å². The maximum absolute atomic E-state index is 11.9. The summed E-state index contributed by atoms with van der Waals surface area (Å²) in [6.07, 6.45) is 0.236. The molecule has 0 aliphatic heterocycles. The van der Waals surface area contributed by atoms with Crippen molar-refractivity contribution in [1.82, 2.24) is 5.32 Å².